The van der Waals surface area contributed by atoms with Crippen molar-refractivity contribution in [2.45, 2.75) is 20.0 Å². The molecule has 0 saturated heterocycles. The number of nitrogens with zero attached hydrogens (tertiary/aromatic N) is 1. The van der Waals surface area contributed by atoms with Crippen molar-refractivity contribution in [2.75, 3.05) is 18.5 Å². The first-order valence-electron chi connectivity index (χ1n) is 4.80. The summed E-state index contributed by atoms with van der Waals surface area (Å²) in [6.45, 7) is 5.51. The number of halogens is 2. The first kappa shape index (κ1) is 12.9. The highest BCUT2D eigenvalue weighted by Crippen LogP contribution is 2.23. The Morgan fingerprint density at radius 1 is 1.53 bits per heavy atom. The SMILES string of the molecule is CCOC(C)CNc1ncc(Br)cc1Br. The van der Waals surface area contributed by atoms with E-state index in [-0.39, 0.29) is 6.10 Å². The van der Waals surface area contributed by atoms with E-state index in [2.05, 4.69) is 42.2 Å². The minimum absolute atomic E-state index is 0.187. The molecule has 0 aliphatic heterocycles. The van der Waals surface area contributed by atoms with Crippen LogP contribution in [0.15, 0.2) is 21.2 Å². The molecule has 1 aromatic heterocycles. The fourth-order valence-electron chi connectivity index (χ4n) is 1.13. The molecule has 3 nitrogen and oxygen atoms in total. The van der Waals surface area contributed by atoms with Gasteiger partial charge >= 0.3 is 0 Å². The van der Waals surface area contributed by atoms with E-state index in [0.717, 1.165) is 27.9 Å². The van der Waals surface area contributed by atoms with Gasteiger partial charge in [0.15, 0.2) is 0 Å². The van der Waals surface area contributed by atoms with Gasteiger partial charge in [0.1, 0.15) is 5.82 Å². The van der Waals surface area contributed by atoms with Crippen molar-refractivity contribution >= 4 is 37.7 Å². The maximum Gasteiger partial charge on any atom is 0.140 e. The summed E-state index contributed by atoms with van der Waals surface area (Å²) >= 11 is 6.80. The average Bonchev–Trinajstić information content (AvgIpc) is 2.17. The summed E-state index contributed by atoms with van der Waals surface area (Å²) in [5, 5.41) is 3.22. The molecule has 0 saturated carbocycles. The summed E-state index contributed by atoms with van der Waals surface area (Å²) in [4.78, 5) is 4.25. The third-order valence-corrected chi connectivity index (χ3v) is 2.85. The number of aromatic nitrogens is 1. The molecule has 1 aromatic rings. The molecule has 5 heteroatoms. The average molecular weight is 338 g/mol. The summed E-state index contributed by atoms with van der Waals surface area (Å²) in [5.74, 6) is 0.838. The van der Waals surface area contributed by atoms with Crippen LogP contribution < -0.4 is 5.32 Å². The highest BCUT2D eigenvalue weighted by atomic mass is 79.9. The Hall–Kier alpha value is -0.130. The van der Waals surface area contributed by atoms with Crippen LogP contribution in [-0.2, 0) is 4.74 Å². The summed E-state index contributed by atoms with van der Waals surface area (Å²) in [6.07, 6.45) is 1.95. The van der Waals surface area contributed by atoms with Crippen LogP contribution in [0, 0.1) is 0 Å². The van der Waals surface area contributed by atoms with Gasteiger partial charge in [-0.05, 0) is 51.8 Å². The molecule has 1 rings (SSSR count). The van der Waals surface area contributed by atoms with Crippen molar-refractivity contribution in [3.63, 3.8) is 0 Å². The Labute approximate surface area is 107 Å². The zero-order valence-electron chi connectivity index (χ0n) is 8.76. The molecule has 1 heterocycles. The maximum atomic E-state index is 5.41. The molecular formula is C10H14Br2N2O. The van der Waals surface area contributed by atoms with E-state index in [1.54, 1.807) is 6.20 Å². The largest absolute Gasteiger partial charge is 0.377 e. The van der Waals surface area contributed by atoms with Gasteiger partial charge in [0.2, 0.25) is 0 Å². The van der Waals surface area contributed by atoms with E-state index >= 15 is 0 Å². The second-order valence-corrected chi connectivity index (χ2v) is 4.90. The number of rotatable bonds is 5. The van der Waals surface area contributed by atoms with E-state index in [9.17, 15) is 0 Å². The topological polar surface area (TPSA) is 34.1 Å². The molecule has 0 bridgehead atoms. The van der Waals surface area contributed by atoms with Gasteiger partial charge in [0.25, 0.3) is 0 Å². The molecule has 0 fully saturated rings. The molecule has 84 valence electrons. The molecule has 0 aliphatic rings. The molecular weight excluding hydrogens is 324 g/mol. The van der Waals surface area contributed by atoms with Gasteiger partial charge in [0.05, 0.1) is 10.6 Å². The highest BCUT2D eigenvalue weighted by molar-refractivity contribution is 9.11. The number of hydrogen-bond donors (Lipinski definition) is 1. The summed E-state index contributed by atoms with van der Waals surface area (Å²) in [5.41, 5.74) is 0. The molecule has 0 aliphatic carbocycles. The Bertz CT molecular complexity index is 320. The van der Waals surface area contributed by atoms with Crippen LogP contribution in [0.5, 0.6) is 0 Å². The standard InChI is InChI=1S/C10H14Br2N2O/c1-3-15-7(2)5-13-10-9(12)4-8(11)6-14-10/h4,6-7H,3,5H2,1-2H3,(H,13,14). The zero-order valence-corrected chi connectivity index (χ0v) is 11.9. The highest BCUT2D eigenvalue weighted by Gasteiger charge is 2.04. The molecule has 0 amide bonds. The third kappa shape index (κ3) is 4.49. The van der Waals surface area contributed by atoms with Crippen LogP contribution >= 0.6 is 31.9 Å². The van der Waals surface area contributed by atoms with Crippen molar-refractivity contribution in [3.8, 4) is 0 Å². The quantitative estimate of drug-likeness (QED) is 0.893. The molecule has 1 unspecified atom stereocenters. The lowest BCUT2D eigenvalue weighted by molar-refractivity contribution is 0.0855. The number of ether oxygens (including phenoxy) is 1. The normalized spacial score (nSPS) is 12.5. The van der Waals surface area contributed by atoms with Crippen molar-refractivity contribution in [3.05, 3.63) is 21.2 Å². The number of pyridine rings is 1. The van der Waals surface area contributed by atoms with E-state index in [4.69, 9.17) is 4.74 Å². The Balaban J connectivity index is 2.50. The van der Waals surface area contributed by atoms with Crippen LogP contribution in [0.2, 0.25) is 0 Å². The van der Waals surface area contributed by atoms with E-state index in [1.807, 2.05) is 19.9 Å². The molecule has 0 radical (unpaired) electrons. The Morgan fingerprint density at radius 3 is 2.87 bits per heavy atom. The molecule has 0 spiro atoms. The number of hydrogen-bond acceptors (Lipinski definition) is 3. The van der Waals surface area contributed by atoms with Gasteiger partial charge in [-0.2, -0.15) is 0 Å². The van der Waals surface area contributed by atoms with Gasteiger partial charge in [0, 0.05) is 23.8 Å². The second-order valence-electron chi connectivity index (χ2n) is 3.13. The minimum atomic E-state index is 0.187. The number of anilines is 1. The van der Waals surface area contributed by atoms with E-state index in [0.29, 0.717) is 0 Å². The predicted octanol–water partition coefficient (Wildman–Crippen LogP) is 3.44. The minimum Gasteiger partial charge on any atom is -0.377 e. The van der Waals surface area contributed by atoms with Crippen molar-refractivity contribution in [2.24, 2.45) is 0 Å². The van der Waals surface area contributed by atoms with Crippen LogP contribution in [-0.4, -0.2) is 24.2 Å². The van der Waals surface area contributed by atoms with Gasteiger partial charge in [-0.25, -0.2) is 4.98 Å². The van der Waals surface area contributed by atoms with E-state index < -0.39 is 0 Å². The van der Waals surface area contributed by atoms with Crippen molar-refractivity contribution in [1.29, 1.82) is 0 Å². The van der Waals surface area contributed by atoms with Crippen molar-refractivity contribution < 1.29 is 4.74 Å². The second kappa shape index (κ2) is 6.45. The van der Waals surface area contributed by atoms with Gasteiger partial charge < -0.3 is 10.1 Å². The van der Waals surface area contributed by atoms with Crippen LogP contribution in [0.4, 0.5) is 5.82 Å². The summed E-state index contributed by atoms with van der Waals surface area (Å²) < 4.78 is 7.31. The molecule has 1 atom stereocenters. The molecule has 1 N–H and O–H groups in total. The van der Waals surface area contributed by atoms with Crippen molar-refractivity contribution in [1.82, 2.24) is 4.98 Å². The third-order valence-electron chi connectivity index (χ3n) is 1.82. The lowest BCUT2D eigenvalue weighted by atomic mass is 10.4. The predicted molar refractivity (Wildman–Crippen MR) is 69.2 cm³/mol. The van der Waals surface area contributed by atoms with Crippen LogP contribution in [0.25, 0.3) is 0 Å². The van der Waals surface area contributed by atoms with E-state index in [1.165, 1.54) is 0 Å². The lowest BCUT2D eigenvalue weighted by Gasteiger charge is -2.13. The Kier molecular flexibility index (Phi) is 5.56. The zero-order chi connectivity index (χ0) is 11.3. The van der Waals surface area contributed by atoms with Crippen LogP contribution in [0.3, 0.4) is 0 Å². The maximum absolute atomic E-state index is 5.41. The lowest BCUT2D eigenvalue weighted by Crippen LogP contribution is -2.20. The first-order chi connectivity index (χ1) is 7.13. The van der Waals surface area contributed by atoms with Gasteiger partial charge in [-0.3, -0.25) is 0 Å². The first-order valence-corrected chi connectivity index (χ1v) is 6.38. The Morgan fingerprint density at radius 2 is 2.27 bits per heavy atom. The molecule has 15 heavy (non-hydrogen) atoms. The summed E-state index contributed by atoms with van der Waals surface area (Å²) in [7, 11) is 0. The molecule has 0 aromatic carbocycles. The monoisotopic (exact) mass is 336 g/mol. The van der Waals surface area contributed by atoms with Gasteiger partial charge in [-0.15, -0.1) is 0 Å². The smallest absolute Gasteiger partial charge is 0.140 e. The summed E-state index contributed by atoms with van der Waals surface area (Å²) in [6, 6.07) is 1.96. The fraction of sp³-hybridized carbons (Fsp3) is 0.500. The number of nitrogens with one attached hydrogen (secondary N) is 1. The fourth-order valence-corrected chi connectivity index (χ4v) is 2.26. The van der Waals surface area contributed by atoms with Crippen LogP contribution in [0.1, 0.15) is 13.8 Å². The van der Waals surface area contributed by atoms with Gasteiger partial charge in [-0.1, -0.05) is 0 Å².